The minimum absolute atomic E-state index is 0.000262. The average molecular weight is 513 g/mol. The van der Waals surface area contributed by atoms with Crippen molar-refractivity contribution < 1.29 is 26.3 Å². The molecule has 0 bridgehead atoms. The lowest BCUT2D eigenvalue weighted by Gasteiger charge is -2.17. The van der Waals surface area contributed by atoms with Crippen LogP contribution in [0, 0.1) is 0 Å². The zero-order valence-corrected chi connectivity index (χ0v) is 20.0. The maximum atomic E-state index is 9.51. The summed E-state index contributed by atoms with van der Waals surface area (Å²) in [7, 11) is 0. The summed E-state index contributed by atoms with van der Waals surface area (Å²) in [4.78, 5) is 0. The fourth-order valence-corrected chi connectivity index (χ4v) is 5.05. The van der Waals surface area contributed by atoms with E-state index in [-0.39, 0.29) is 38.4 Å². The highest BCUT2D eigenvalue weighted by molar-refractivity contribution is 6.23. The van der Waals surface area contributed by atoms with Gasteiger partial charge in [0.05, 0.1) is 26.8 Å². The Morgan fingerprint density at radius 2 is 1.03 bits per heavy atom. The van der Waals surface area contributed by atoms with Crippen molar-refractivity contribution in [1.29, 1.82) is 0 Å². The first-order valence-electron chi connectivity index (χ1n) is 20.1. The summed E-state index contributed by atoms with van der Waals surface area (Å²) in [6, 6.07) is 4.72. The lowest BCUT2D eigenvalue weighted by molar-refractivity contribution is 0.617. The third-order valence-electron chi connectivity index (χ3n) is 6.71. The van der Waals surface area contributed by atoms with E-state index in [0.29, 0.717) is 27.1 Å². The smallest absolute Gasteiger partial charge is 0.134 e. The van der Waals surface area contributed by atoms with E-state index in [1.165, 1.54) is 0 Å². The van der Waals surface area contributed by atoms with Gasteiger partial charge in [-0.3, -0.25) is 0 Å². The summed E-state index contributed by atoms with van der Waals surface area (Å²) in [5.41, 5.74) is -0.522. The number of para-hydroxylation sites is 1. The highest BCUT2D eigenvalue weighted by Gasteiger charge is 2.19. The molecule has 0 saturated heterocycles. The highest BCUT2D eigenvalue weighted by Crippen LogP contribution is 2.46. The molecule has 1 aromatic heterocycles. The van der Waals surface area contributed by atoms with Crippen molar-refractivity contribution in [2.75, 3.05) is 0 Å². The first kappa shape index (κ1) is 11.3. The molecule has 7 aromatic carbocycles. The second-order valence-corrected chi connectivity index (χ2v) is 8.87. The van der Waals surface area contributed by atoms with Crippen molar-refractivity contribution in [3.8, 4) is 33.4 Å². The molecule has 1 heteroatoms. The molecule has 0 saturated carbocycles. The van der Waals surface area contributed by atoms with Crippen LogP contribution in [0.5, 0.6) is 0 Å². The lowest BCUT2D eigenvalue weighted by atomic mass is 9.85. The Morgan fingerprint density at radius 3 is 1.72 bits per heavy atom. The maximum Gasteiger partial charge on any atom is 0.134 e. The molecule has 0 aliphatic heterocycles. The summed E-state index contributed by atoms with van der Waals surface area (Å²) in [5.74, 6) is 0. The standard InChI is InChI=1S/C38H24O/c1-2-10-25(11-3-1)26-18-19-28-23-29(21-20-27(28)22-26)37-31-13-4-6-15-33(31)38(34-16-7-5-14-32(34)37)35-24-39-36-17-9-8-12-30(35)36/h1-24H/i1D,2D,3D,8D,9D,10D,11D,12D,17D,18D,19D,20D,21D,22D,23D,24D. The Labute approximate surface area is 249 Å². The van der Waals surface area contributed by atoms with Gasteiger partial charge < -0.3 is 4.42 Å². The van der Waals surface area contributed by atoms with Gasteiger partial charge in [-0.1, -0.05) is 121 Å². The van der Waals surface area contributed by atoms with Crippen LogP contribution in [0.15, 0.2) is 150 Å². The van der Waals surface area contributed by atoms with Crippen molar-refractivity contribution in [3.63, 3.8) is 0 Å². The van der Waals surface area contributed by atoms with E-state index in [1.807, 2.05) is 0 Å². The molecule has 182 valence electrons. The Hall–Kier alpha value is -5.14. The van der Waals surface area contributed by atoms with Gasteiger partial charge in [-0.25, -0.2) is 0 Å². The fourth-order valence-electron chi connectivity index (χ4n) is 5.05. The molecule has 1 heterocycles. The monoisotopic (exact) mass is 512 g/mol. The van der Waals surface area contributed by atoms with E-state index >= 15 is 0 Å². The number of fused-ring (bicyclic) bond motifs is 4. The van der Waals surface area contributed by atoms with Crippen molar-refractivity contribution in [1.82, 2.24) is 0 Å². The Kier molecular flexibility index (Phi) is 2.53. The van der Waals surface area contributed by atoms with E-state index < -0.39 is 108 Å². The molecule has 39 heavy (non-hydrogen) atoms. The molecule has 0 fully saturated rings. The summed E-state index contributed by atoms with van der Waals surface area (Å²) in [6.07, 6.45) is -0.411. The van der Waals surface area contributed by atoms with Crippen molar-refractivity contribution in [2.24, 2.45) is 0 Å². The number of hydrogen-bond donors (Lipinski definition) is 0. The first-order valence-corrected chi connectivity index (χ1v) is 12.1. The molecule has 0 amide bonds. The maximum absolute atomic E-state index is 9.51. The van der Waals surface area contributed by atoms with Crippen LogP contribution >= 0.6 is 0 Å². The van der Waals surface area contributed by atoms with Gasteiger partial charge in [0.15, 0.2) is 0 Å². The molecule has 0 N–H and O–H groups in total. The van der Waals surface area contributed by atoms with Crippen LogP contribution in [0.25, 0.3) is 76.7 Å². The Bertz CT molecular complexity index is 2970. The van der Waals surface area contributed by atoms with Crippen LogP contribution < -0.4 is 0 Å². The quantitative estimate of drug-likeness (QED) is 0.215. The van der Waals surface area contributed by atoms with Crippen molar-refractivity contribution in [2.45, 2.75) is 0 Å². The van der Waals surface area contributed by atoms with Gasteiger partial charge >= 0.3 is 0 Å². The molecule has 0 atom stereocenters. The van der Waals surface area contributed by atoms with Gasteiger partial charge in [-0.15, -0.1) is 0 Å². The van der Waals surface area contributed by atoms with Gasteiger partial charge in [0.2, 0.25) is 0 Å². The Morgan fingerprint density at radius 1 is 0.462 bits per heavy atom. The number of hydrogen-bond acceptors (Lipinski definition) is 1. The zero-order valence-electron chi connectivity index (χ0n) is 36.0. The number of furan rings is 1. The fraction of sp³-hybridized carbons (Fsp3) is 0. The predicted octanol–water partition coefficient (Wildman–Crippen LogP) is 10.9. The van der Waals surface area contributed by atoms with Gasteiger partial charge in [0, 0.05) is 16.5 Å². The molecule has 0 spiro atoms. The second-order valence-electron chi connectivity index (χ2n) is 8.87. The van der Waals surface area contributed by atoms with Gasteiger partial charge in [-0.05, 0) is 72.7 Å². The molecule has 8 aromatic rings. The SMILES string of the molecule is [2H]c1oc2c([2H])c([2H])c([2H])c([2H])c2c1-c1c2ccccc2c(-c2c([2H])c([2H])c3c([2H])c(-c4c([2H])c([2H])c([2H])c([2H])c4[2H])c([2H])c([2H])c3c2[2H])c2ccccc12. The zero-order chi connectivity index (χ0) is 39.7. The molecule has 0 aliphatic rings. The summed E-state index contributed by atoms with van der Waals surface area (Å²) >= 11 is 0. The van der Waals surface area contributed by atoms with E-state index in [1.54, 1.807) is 48.5 Å². The molecule has 0 unspecified atom stereocenters. The van der Waals surface area contributed by atoms with Crippen LogP contribution in [0.3, 0.4) is 0 Å². The first-order chi connectivity index (χ1) is 26.0. The van der Waals surface area contributed by atoms with Crippen LogP contribution in [0.1, 0.15) is 21.9 Å². The molecular weight excluding hydrogens is 472 g/mol. The third-order valence-corrected chi connectivity index (χ3v) is 6.71. The molecule has 1 nitrogen and oxygen atoms in total. The lowest BCUT2D eigenvalue weighted by Crippen LogP contribution is -1.90. The molecular formula is C38H24O. The van der Waals surface area contributed by atoms with E-state index in [9.17, 15) is 4.11 Å². The highest BCUT2D eigenvalue weighted by atomic mass is 16.3. The van der Waals surface area contributed by atoms with Crippen LogP contribution in [-0.2, 0) is 0 Å². The van der Waals surface area contributed by atoms with E-state index in [4.69, 9.17) is 22.2 Å². The number of rotatable bonds is 3. The average Bonchev–Trinajstić information content (AvgIpc) is 3.52. The molecule has 0 aliphatic carbocycles. The second kappa shape index (κ2) is 8.72. The van der Waals surface area contributed by atoms with E-state index in [0.717, 1.165) is 0 Å². The predicted molar refractivity (Wildman–Crippen MR) is 165 cm³/mol. The van der Waals surface area contributed by atoms with Gasteiger partial charge in [0.25, 0.3) is 0 Å². The minimum atomic E-state index is -0.714. The third kappa shape index (κ3) is 3.48. The topological polar surface area (TPSA) is 13.1 Å². The van der Waals surface area contributed by atoms with E-state index in [2.05, 4.69) is 0 Å². The molecule has 0 radical (unpaired) electrons. The largest absolute Gasteiger partial charge is 0.464 e. The number of benzene rings is 7. The minimum Gasteiger partial charge on any atom is -0.464 e. The normalized spacial score (nSPS) is 17.3. The Balaban J connectivity index is 1.52. The van der Waals surface area contributed by atoms with Gasteiger partial charge in [-0.2, -0.15) is 0 Å². The van der Waals surface area contributed by atoms with Crippen molar-refractivity contribution >= 4 is 43.3 Å². The summed E-state index contributed by atoms with van der Waals surface area (Å²) in [5, 5.41) is 1.07. The molecule has 8 rings (SSSR count). The van der Waals surface area contributed by atoms with Gasteiger partial charge in [0.1, 0.15) is 6.95 Å². The summed E-state index contributed by atoms with van der Waals surface area (Å²) < 4.78 is 145. The van der Waals surface area contributed by atoms with Crippen LogP contribution in [-0.4, -0.2) is 0 Å². The van der Waals surface area contributed by atoms with Crippen molar-refractivity contribution in [3.05, 3.63) is 145 Å². The van der Waals surface area contributed by atoms with Crippen LogP contribution in [0.2, 0.25) is 0 Å². The van der Waals surface area contributed by atoms with Crippen LogP contribution in [0.4, 0.5) is 0 Å². The summed E-state index contributed by atoms with van der Waals surface area (Å²) in [6.45, 7) is 0.